The SMILES string of the molecule is CCOC(=O)C[C@@H](Cc1ccc(-c2ccccc2C)cc1)NC(=O)CCC(=O)OC. The third-order valence-electron chi connectivity index (χ3n) is 4.76. The summed E-state index contributed by atoms with van der Waals surface area (Å²) in [6, 6.07) is 15.8. The number of benzene rings is 2. The van der Waals surface area contributed by atoms with Gasteiger partial charge in [0.1, 0.15) is 0 Å². The molecule has 0 aliphatic heterocycles. The molecule has 0 aliphatic carbocycles. The summed E-state index contributed by atoms with van der Waals surface area (Å²) < 4.78 is 9.59. The highest BCUT2D eigenvalue weighted by molar-refractivity contribution is 5.82. The van der Waals surface area contributed by atoms with Gasteiger partial charge in [0.25, 0.3) is 0 Å². The zero-order chi connectivity index (χ0) is 21.9. The summed E-state index contributed by atoms with van der Waals surface area (Å²) in [5.74, 6) is -1.11. The molecule has 1 amide bonds. The zero-order valence-electron chi connectivity index (χ0n) is 17.8. The van der Waals surface area contributed by atoms with Gasteiger partial charge in [-0.05, 0) is 42.5 Å². The van der Waals surface area contributed by atoms with Gasteiger partial charge in [0.15, 0.2) is 0 Å². The number of carbonyl (C=O) groups excluding carboxylic acids is 3. The maximum Gasteiger partial charge on any atom is 0.307 e. The molecule has 1 N–H and O–H groups in total. The fourth-order valence-electron chi connectivity index (χ4n) is 3.21. The maximum absolute atomic E-state index is 12.2. The monoisotopic (exact) mass is 411 g/mol. The van der Waals surface area contributed by atoms with Crippen LogP contribution in [0.3, 0.4) is 0 Å². The number of amides is 1. The van der Waals surface area contributed by atoms with Crippen molar-refractivity contribution >= 4 is 17.8 Å². The van der Waals surface area contributed by atoms with Gasteiger partial charge in [-0.1, -0.05) is 48.5 Å². The van der Waals surface area contributed by atoms with Crippen molar-refractivity contribution in [1.82, 2.24) is 5.32 Å². The molecule has 0 aliphatic rings. The van der Waals surface area contributed by atoms with Crippen molar-refractivity contribution in [2.75, 3.05) is 13.7 Å². The first-order chi connectivity index (χ1) is 14.4. The zero-order valence-corrected chi connectivity index (χ0v) is 17.8. The number of methoxy groups -OCH3 is 1. The van der Waals surface area contributed by atoms with Gasteiger partial charge in [-0.2, -0.15) is 0 Å². The number of ether oxygens (including phenoxy) is 2. The van der Waals surface area contributed by atoms with E-state index in [4.69, 9.17) is 4.74 Å². The minimum atomic E-state index is -0.445. The van der Waals surface area contributed by atoms with Crippen LogP contribution < -0.4 is 5.32 Å². The van der Waals surface area contributed by atoms with Crippen molar-refractivity contribution in [2.24, 2.45) is 0 Å². The largest absolute Gasteiger partial charge is 0.469 e. The molecule has 0 saturated heterocycles. The second kappa shape index (κ2) is 11.8. The van der Waals surface area contributed by atoms with Crippen LogP contribution in [-0.2, 0) is 30.3 Å². The van der Waals surface area contributed by atoms with Crippen molar-refractivity contribution in [3.63, 3.8) is 0 Å². The maximum atomic E-state index is 12.2. The molecule has 1 atom stereocenters. The Kier molecular flexibility index (Phi) is 9.06. The molecule has 0 saturated carbocycles. The van der Waals surface area contributed by atoms with E-state index in [0.29, 0.717) is 6.42 Å². The van der Waals surface area contributed by atoms with Crippen molar-refractivity contribution in [1.29, 1.82) is 0 Å². The van der Waals surface area contributed by atoms with Crippen LogP contribution in [0.25, 0.3) is 11.1 Å². The molecular weight excluding hydrogens is 382 g/mol. The molecule has 160 valence electrons. The first-order valence-electron chi connectivity index (χ1n) is 10.1. The number of hydrogen-bond donors (Lipinski definition) is 1. The third kappa shape index (κ3) is 7.35. The van der Waals surface area contributed by atoms with Gasteiger partial charge in [0.05, 0.1) is 26.6 Å². The molecule has 30 heavy (non-hydrogen) atoms. The summed E-state index contributed by atoms with van der Waals surface area (Å²) in [5, 5.41) is 2.84. The molecule has 6 heteroatoms. The minimum Gasteiger partial charge on any atom is -0.469 e. The van der Waals surface area contributed by atoms with E-state index in [-0.39, 0.29) is 37.7 Å². The lowest BCUT2D eigenvalue weighted by Gasteiger charge is -2.18. The van der Waals surface area contributed by atoms with E-state index in [9.17, 15) is 14.4 Å². The number of esters is 2. The molecule has 0 radical (unpaired) electrons. The van der Waals surface area contributed by atoms with Gasteiger partial charge in [-0.15, -0.1) is 0 Å². The highest BCUT2D eigenvalue weighted by atomic mass is 16.5. The number of rotatable bonds is 10. The van der Waals surface area contributed by atoms with E-state index < -0.39 is 12.0 Å². The predicted octanol–water partition coefficient (Wildman–Crippen LogP) is 3.60. The second-order valence-electron chi connectivity index (χ2n) is 7.07. The van der Waals surface area contributed by atoms with Crippen LogP contribution in [0.15, 0.2) is 48.5 Å². The molecule has 2 rings (SSSR count). The van der Waals surface area contributed by atoms with Gasteiger partial charge >= 0.3 is 11.9 Å². The smallest absolute Gasteiger partial charge is 0.307 e. The van der Waals surface area contributed by atoms with Crippen LogP contribution in [-0.4, -0.2) is 37.6 Å². The van der Waals surface area contributed by atoms with Gasteiger partial charge in [0, 0.05) is 12.5 Å². The summed E-state index contributed by atoms with van der Waals surface area (Å²) in [6.07, 6.45) is 0.561. The lowest BCUT2D eigenvalue weighted by molar-refractivity contribution is -0.144. The Morgan fingerprint density at radius 3 is 2.30 bits per heavy atom. The standard InChI is InChI=1S/C24H29NO5/c1-4-30-24(28)16-20(25-22(26)13-14-23(27)29-3)15-18-9-11-19(12-10-18)21-8-6-5-7-17(21)2/h5-12,20H,4,13-16H2,1-3H3,(H,25,26)/t20-/m1/s1. The van der Waals surface area contributed by atoms with Crippen LogP contribution in [0, 0.1) is 6.92 Å². The molecule has 2 aromatic rings. The lowest BCUT2D eigenvalue weighted by atomic mass is 9.97. The Hall–Kier alpha value is -3.15. The molecule has 0 heterocycles. The van der Waals surface area contributed by atoms with E-state index in [1.54, 1.807) is 6.92 Å². The summed E-state index contributed by atoms with van der Waals surface area (Å²) in [6.45, 7) is 4.10. The van der Waals surface area contributed by atoms with Crippen molar-refractivity contribution in [2.45, 2.75) is 45.6 Å². The van der Waals surface area contributed by atoms with E-state index in [1.165, 1.54) is 18.2 Å². The highest BCUT2D eigenvalue weighted by Gasteiger charge is 2.19. The minimum absolute atomic E-state index is 0.000413. The number of aryl methyl sites for hydroxylation is 1. The molecule has 0 bridgehead atoms. The van der Waals surface area contributed by atoms with Gasteiger partial charge in [-0.25, -0.2) is 0 Å². The second-order valence-corrected chi connectivity index (χ2v) is 7.07. The fraction of sp³-hybridized carbons (Fsp3) is 0.375. The molecule has 0 fully saturated rings. The Morgan fingerprint density at radius 1 is 0.967 bits per heavy atom. The van der Waals surface area contributed by atoms with Gasteiger partial charge < -0.3 is 14.8 Å². The quantitative estimate of drug-likeness (QED) is 0.604. The Balaban J connectivity index is 2.06. The molecule has 0 aromatic heterocycles. The Morgan fingerprint density at radius 2 is 1.67 bits per heavy atom. The van der Waals surface area contributed by atoms with Crippen LogP contribution in [0.1, 0.15) is 37.3 Å². The van der Waals surface area contributed by atoms with Crippen LogP contribution in [0.5, 0.6) is 0 Å². The predicted molar refractivity (Wildman–Crippen MR) is 115 cm³/mol. The van der Waals surface area contributed by atoms with Crippen LogP contribution in [0.4, 0.5) is 0 Å². The molecule has 2 aromatic carbocycles. The molecule has 0 spiro atoms. The number of nitrogens with one attached hydrogen (secondary N) is 1. The van der Waals surface area contributed by atoms with Crippen molar-refractivity contribution in [3.8, 4) is 11.1 Å². The highest BCUT2D eigenvalue weighted by Crippen LogP contribution is 2.23. The van der Waals surface area contributed by atoms with E-state index in [1.807, 2.05) is 36.4 Å². The Bertz CT molecular complexity index is 860. The molecule has 0 unspecified atom stereocenters. The summed E-state index contributed by atoms with van der Waals surface area (Å²) in [5.41, 5.74) is 4.47. The normalized spacial score (nSPS) is 11.4. The van der Waals surface area contributed by atoms with E-state index >= 15 is 0 Å². The summed E-state index contributed by atoms with van der Waals surface area (Å²) in [4.78, 5) is 35.4. The summed E-state index contributed by atoms with van der Waals surface area (Å²) in [7, 11) is 1.28. The van der Waals surface area contributed by atoms with Crippen LogP contribution in [0.2, 0.25) is 0 Å². The van der Waals surface area contributed by atoms with Crippen molar-refractivity contribution in [3.05, 3.63) is 59.7 Å². The number of carbonyl (C=O) groups is 3. The average Bonchev–Trinajstić information content (AvgIpc) is 2.73. The van der Waals surface area contributed by atoms with Crippen LogP contribution >= 0.6 is 0 Å². The van der Waals surface area contributed by atoms with E-state index in [0.717, 1.165) is 11.1 Å². The lowest BCUT2D eigenvalue weighted by Crippen LogP contribution is -2.38. The molecule has 6 nitrogen and oxygen atoms in total. The van der Waals surface area contributed by atoms with Crippen molar-refractivity contribution < 1.29 is 23.9 Å². The number of hydrogen-bond acceptors (Lipinski definition) is 5. The molecular formula is C24H29NO5. The fourth-order valence-corrected chi connectivity index (χ4v) is 3.21. The first-order valence-corrected chi connectivity index (χ1v) is 10.1. The Labute approximate surface area is 177 Å². The third-order valence-corrected chi connectivity index (χ3v) is 4.76. The first kappa shape index (κ1) is 23.1. The van der Waals surface area contributed by atoms with Gasteiger partial charge in [-0.3, -0.25) is 14.4 Å². The van der Waals surface area contributed by atoms with E-state index in [2.05, 4.69) is 29.1 Å². The topological polar surface area (TPSA) is 81.7 Å². The van der Waals surface area contributed by atoms with Gasteiger partial charge in [0.2, 0.25) is 5.91 Å². The summed E-state index contributed by atoms with van der Waals surface area (Å²) >= 11 is 0. The average molecular weight is 411 g/mol.